The van der Waals surface area contributed by atoms with Gasteiger partial charge in [-0.3, -0.25) is 24.7 Å². The SMILES string of the molecule is CC(CC(=N)N(C)C=N)c1cccc(-n2cc3c(C(F)(F)F)cc(CN4CCC5(CC5)C4)cn3c2=O)c1. The van der Waals surface area contributed by atoms with Gasteiger partial charge in [0.1, 0.15) is 5.84 Å². The fourth-order valence-corrected chi connectivity index (χ4v) is 5.36. The molecule has 196 valence electrons. The predicted octanol–water partition coefficient (Wildman–Crippen LogP) is 5.10. The minimum Gasteiger partial charge on any atom is -0.325 e. The van der Waals surface area contributed by atoms with E-state index in [9.17, 15) is 18.0 Å². The van der Waals surface area contributed by atoms with E-state index in [0.29, 0.717) is 29.6 Å². The van der Waals surface area contributed by atoms with E-state index >= 15 is 0 Å². The number of amidine groups is 1. The van der Waals surface area contributed by atoms with E-state index in [4.69, 9.17) is 10.8 Å². The summed E-state index contributed by atoms with van der Waals surface area (Å²) in [6, 6.07) is 8.28. The zero-order chi connectivity index (χ0) is 26.5. The van der Waals surface area contributed by atoms with Crippen LogP contribution in [0.25, 0.3) is 11.2 Å². The molecule has 1 atom stereocenters. The van der Waals surface area contributed by atoms with Crippen molar-refractivity contribution >= 4 is 17.7 Å². The fraction of sp³-hybridized carbons (Fsp3) is 0.444. The molecule has 1 spiro atoms. The molecule has 0 amide bonds. The van der Waals surface area contributed by atoms with Crippen molar-refractivity contribution in [2.45, 2.75) is 51.2 Å². The highest BCUT2D eigenvalue weighted by molar-refractivity contribution is 5.89. The molecule has 37 heavy (non-hydrogen) atoms. The average Bonchev–Trinajstić information content (AvgIpc) is 3.38. The highest BCUT2D eigenvalue weighted by atomic mass is 19.4. The summed E-state index contributed by atoms with van der Waals surface area (Å²) in [7, 11) is 1.63. The zero-order valence-electron chi connectivity index (χ0n) is 21.0. The Morgan fingerprint density at radius 2 is 1.97 bits per heavy atom. The second-order valence-corrected chi connectivity index (χ2v) is 10.6. The number of benzene rings is 1. The van der Waals surface area contributed by atoms with Crippen LogP contribution in [0.15, 0.2) is 47.5 Å². The summed E-state index contributed by atoms with van der Waals surface area (Å²) in [5.74, 6) is 0.183. The lowest BCUT2D eigenvalue weighted by atomic mass is 9.96. The average molecular weight is 513 g/mol. The normalized spacial score (nSPS) is 17.9. The fourth-order valence-electron chi connectivity index (χ4n) is 5.36. The Bertz CT molecular complexity index is 1420. The molecule has 1 aliphatic carbocycles. The number of nitrogens with zero attached hydrogens (tertiary/aromatic N) is 4. The number of halogens is 3. The number of hydrogen-bond acceptors (Lipinski definition) is 4. The molecule has 0 radical (unpaired) electrons. The Hall–Kier alpha value is -3.40. The van der Waals surface area contributed by atoms with Crippen molar-refractivity contribution in [3.8, 4) is 5.69 Å². The monoisotopic (exact) mass is 512 g/mol. The molecule has 2 aliphatic rings. The van der Waals surface area contributed by atoms with E-state index in [-0.39, 0.29) is 17.3 Å². The number of alkyl halides is 3. The Morgan fingerprint density at radius 1 is 1.22 bits per heavy atom. The molecule has 0 bridgehead atoms. The molecule has 1 unspecified atom stereocenters. The number of hydrogen-bond donors (Lipinski definition) is 2. The van der Waals surface area contributed by atoms with Gasteiger partial charge >= 0.3 is 11.9 Å². The first-order chi connectivity index (χ1) is 17.5. The van der Waals surface area contributed by atoms with Gasteiger partial charge in [0.15, 0.2) is 0 Å². The lowest BCUT2D eigenvalue weighted by molar-refractivity contribution is -0.136. The smallest absolute Gasteiger partial charge is 0.325 e. The number of nitrogens with one attached hydrogen (secondary N) is 2. The summed E-state index contributed by atoms with van der Waals surface area (Å²) < 4.78 is 44.7. The Balaban J connectivity index is 1.50. The van der Waals surface area contributed by atoms with Crippen molar-refractivity contribution < 1.29 is 13.2 Å². The topological polar surface area (TPSA) is 80.6 Å². The van der Waals surface area contributed by atoms with Gasteiger partial charge in [-0.15, -0.1) is 0 Å². The lowest BCUT2D eigenvalue weighted by Crippen LogP contribution is -2.25. The minimum absolute atomic E-state index is 0.0878. The van der Waals surface area contributed by atoms with Crippen LogP contribution < -0.4 is 5.69 Å². The molecular formula is C27H31F3N6O. The molecule has 2 aromatic heterocycles. The zero-order valence-corrected chi connectivity index (χ0v) is 21.0. The predicted molar refractivity (Wildman–Crippen MR) is 137 cm³/mol. The highest BCUT2D eigenvalue weighted by Crippen LogP contribution is 2.52. The van der Waals surface area contributed by atoms with Crippen LogP contribution in [-0.2, 0) is 12.7 Å². The Labute approximate surface area is 213 Å². The van der Waals surface area contributed by atoms with Crippen LogP contribution in [0.2, 0.25) is 0 Å². The largest absolute Gasteiger partial charge is 0.418 e. The summed E-state index contributed by atoms with van der Waals surface area (Å²) in [5.41, 5.74) is 0.629. The number of aromatic nitrogens is 2. The summed E-state index contributed by atoms with van der Waals surface area (Å²) in [6.45, 7) is 4.10. The minimum atomic E-state index is -4.60. The second-order valence-electron chi connectivity index (χ2n) is 10.6. The lowest BCUT2D eigenvalue weighted by Gasteiger charge is -2.18. The number of imidazole rings is 1. The summed E-state index contributed by atoms with van der Waals surface area (Å²) >= 11 is 0. The van der Waals surface area contributed by atoms with E-state index in [2.05, 4.69) is 4.90 Å². The maximum atomic E-state index is 14.1. The third-order valence-corrected chi connectivity index (χ3v) is 7.85. The van der Waals surface area contributed by atoms with Gasteiger partial charge in [-0.2, -0.15) is 13.2 Å². The first-order valence-corrected chi connectivity index (χ1v) is 12.5. The van der Waals surface area contributed by atoms with Crippen LogP contribution in [0.3, 0.4) is 0 Å². The summed E-state index contributed by atoms with van der Waals surface area (Å²) in [4.78, 5) is 17.0. The molecule has 2 N–H and O–H groups in total. The summed E-state index contributed by atoms with van der Waals surface area (Å²) in [5, 5.41) is 15.4. The van der Waals surface area contributed by atoms with Gasteiger partial charge in [0.25, 0.3) is 0 Å². The molecule has 5 rings (SSSR count). The highest BCUT2D eigenvalue weighted by Gasteiger charge is 2.47. The van der Waals surface area contributed by atoms with Gasteiger partial charge in [-0.05, 0) is 66.5 Å². The molecule has 3 aromatic rings. The quantitative estimate of drug-likeness (QED) is 0.341. The van der Waals surface area contributed by atoms with E-state index in [1.165, 1.54) is 34.6 Å². The third-order valence-electron chi connectivity index (χ3n) is 7.85. The maximum absolute atomic E-state index is 14.1. The molecule has 7 nitrogen and oxygen atoms in total. The van der Waals surface area contributed by atoms with Gasteiger partial charge in [-0.1, -0.05) is 19.1 Å². The van der Waals surface area contributed by atoms with Gasteiger partial charge in [0, 0.05) is 39.0 Å². The van der Waals surface area contributed by atoms with Gasteiger partial charge in [0.2, 0.25) is 0 Å². The molecule has 1 aliphatic heterocycles. The molecule has 3 heterocycles. The van der Waals surface area contributed by atoms with Gasteiger partial charge in [0.05, 0.1) is 23.1 Å². The van der Waals surface area contributed by atoms with Gasteiger partial charge in [-0.25, -0.2) is 4.79 Å². The first-order valence-electron chi connectivity index (χ1n) is 12.5. The van der Waals surface area contributed by atoms with E-state index in [0.717, 1.165) is 35.8 Å². The molecule has 1 saturated heterocycles. The van der Waals surface area contributed by atoms with Crippen LogP contribution >= 0.6 is 0 Å². The van der Waals surface area contributed by atoms with Crippen molar-refractivity contribution in [3.63, 3.8) is 0 Å². The summed E-state index contributed by atoms with van der Waals surface area (Å²) in [6.07, 6.45) is 3.12. The third kappa shape index (κ3) is 4.94. The van der Waals surface area contributed by atoms with Crippen LogP contribution in [0.5, 0.6) is 0 Å². The second kappa shape index (κ2) is 9.16. The van der Waals surface area contributed by atoms with Gasteiger partial charge < -0.3 is 4.90 Å². The van der Waals surface area contributed by atoms with E-state index in [1.54, 1.807) is 31.4 Å². The standard InChI is InChI=1S/C27H31F3N6O/c1-18(10-24(32)33(2)17-31)20-4-3-5-21(12-20)35-15-23-22(27(28,29)30)11-19(14-36(23)25(35)37)13-34-9-8-26(16-34)6-7-26/h3-5,11-12,14-15,17-18,31-32H,6-10,13,16H2,1-2H3. The number of fused-ring (bicyclic) bond motifs is 1. The van der Waals surface area contributed by atoms with Crippen LogP contribution in [-0.4, -0.2) is 51.1 Å². The van der Waals surface area contributed by atoms with Crippen LogP contribution in [0, 0.1) is 16.2 Å². The maximum Gasteiger partial charge on any atom is 0.418 e. The van der Waals surface area contributed by atoms with Crippen molar-refractivity contribution in [3.05, 3.63) is 69.9 Å². The van der Waals surface area contributed by atoms with Crippen molar-refractivity contribution in [2.75, 3.05) is 20.1 Å². The van der Waals surface area contributed by atoms with E-state index in [1.807, 2.05) is 13.0 Å². The molecule has 10 heteroatoms. The van der Waals surface area contributed by atoms with Crippen molar-refractivity contribution in [1.29, 1.82) is 10.8 Å². The van der Waals surface area contributed by atoms with Crippen LogP contribution in [0.1, 0.15) is 55.2 Å². The Morgan fingerprint density at radius 3 is 2.62 bits per heavy atom. The number of likely N-dealkylation sites (tertiary alicyclic amines) is 1. The number of pyridine rings is 1. The number of rotatable bonds is 7. The molecule has 1 aromatic carbocycles. The van der Waals surface area contributed by atoms with Crippen molar-refractivity contribution in [2.24, 2.45) is 5.41 Å². The molecule has 2 fully saturated rings. The first kappa shape index (κ1) is 25.3. The van der Waals surface area contributed by atoms with Crippen molar-refractivity contribution in [1.82, 2.24) is 18.8 Å². The van der Waals surface area contributed by atoms with E-state index < -0.39 is 17.4 Å². The molecular weight excluding hydrogens is 481 g/mol. The molecule has 1 saturated carbocycles. The Kier molecular flexibility index (Phi) is 6.26. The van der Waals surface area contributed by atoms with Crippen LogP contribution in [0.4, 0.5) is 13.2 Å².